The van der Waals surface area contributed by atoms with Crippen LogP contribution in [0.25, 0.3) is 0 Å². The highest BCUT2D eigenvalue weighted by Crippen LogP contribution is 2.21. The van der Waals surface area contributed by atoms with Gasteiger partial charge in [-0.3, -0.25) is 0 Å². The summed E-state index contributed by atoms with van der Waals surface area (Å²) in [5, 5.41) is 0.338. The molecule has 1 aromatic rings. The molecule has 1 unspecified atom stereocenters. The monoisotopic (exact) mass is 296 g/mol. The Bertz CT molecular complexity index is 479. The van der Waals surface area contributed by atoms with Crippen molar-refractivity contribution in [2.45, 2.75) is 31.7 Å². The Hall–Kier alpha value is -1.26. The van der Waals surface area contributed by atoms with E-state index in [0.717, 1.165) is 13.0 Å². The number of likely N-dealkylation sites (tertiary alicyclic amines) is 1. The second kappa shape index (κ2) is 6.95. The molecule has 0 spiro atoms. The van der Waals surface area contributed by atoms with E-state index in [1.54, 1.807) is 18.2 Å². The molecule has 1 saturated heterocycles. The lowest BCUT2D eigenvalue weighted by Gasteiger charge is -2.32. The van der Waals surface area contributed by atoms with Gasteiger partial charge in [0, 0.05) is 11.7 Å². The van der Waals surface area contributed by atoms with Crippen LogP contribution in [0.2, 0.25) is 5.02 Å². The molecule has 20 heavy (non-hydrogen) atoms. The summed E-state index contributed by atoms with van der Waals surface area (Å²) in [6.45, 7) is 1.55. The molecule has 0 radical (unpaired) electrons. The molecule has 1 aliphatic heterocycles. The van der Waals surface area contributed by atoms with Gasteiger partial charge in [0.15, 0.2) is 0 Å². The van der Waals surface area contributed by atoms with Gasteiger partial charge in [-0.15, -0.1) is 0 Å². The topological polar surface area (TPSA) is 55.6 Å². The van der Waals surface area contributed by atoms with E-state index in [0.29, 0.717) is 28.9 Å². The number of rotatable bonds is 4. The maximum Gasteiger partial charge on any atom is 0.339 e. The van der Waals surface area contributed by atoms with Gasteiger partial charge in [0.05, 0.1) is 17.2 Å². The number of carbonyl (C=O) groups excluding carboxylic acids is 1. The summed E-state index contributed by atoms with van der Waals surface area (Å²) in [7, 11) is 2.13. The van der Waals surface area contributed by atoms with Gasteiger partial charge in [0.1, 0.15) is 0 Å². The maximum absolute atomic E-state index is 11.9. The first-order valence-corrected chi connectivity index (χ1v) is 7.38. The van der Waals surface area contributed by atoms with Gasteiger partial charge in [0.25, 0.3) is 0 Å². The number of ether oxygens (including phenoxy) is 1. The van der Waals surface area contributed by atoms with E-state index in [2.05, 4.69) is 11.9 Å². The van der Waals surface area contributed by atoms with Crippen LogP contribution in [0, 0.1) is 0 Å². The van der Waals surface area contributed by atoms with Crippen molar-refractivity contribution in [2.24, 2.45) is 0 Å². The van der Waals surface area contributed by atoms with Gasteiger partial charge in [-0.2, -0.15) is 0 Å². The van der Waals surface area contributed by atoms with Gasteiger partial charge in [0.2, 0.25) is 0 Å². The van der Waals surface area contributed by atoms with Crippen LogP contribution in [-0.2, 0) is 4.74 Å². The third kappa shape index (κ3) is 3.87. The zero-order chi connectivity index (χ0) is 14.5. The predicted octanol–water partition coefficient (Wildman–Crippen LogP) is 2.95. The molecule has 2 rings (SSSR count). The first kappa shape index (κ1) is 15.1. The molecule has 0 aromatic heterocycles. The maximum atomic E-state index is 11.9. The number of carbonyl (C=O) groups is 1. The third-order valence-electron chi connectivity index (χ3n) is 3.82. The molecule has 0 amide bonds. The Balaban J connectivity index is 1.83. The number of benzene rings is 1. The highest BCUT2D eigenvalue weighted by molar-refractivity contribution is 6.33. The van der Waals surface area contributed by atoms with Crippen LogP contribution in [0.1, 0.15) is 36.0 Å². The zero-order valence-electron chi connectivity index (χ0n) is 11.8. The lowest BCUT2D eigenvalue weighted by molar-refractivity contribution is 0.0450. The van der Waals surface area contributed by atoms with Gasteiger partial charge in [-0.25, -0.2) is 4.79 Å². The zero-order valence-corrected chi connectivity index (χ0v) is 12.5. The van der Waals surface area contributed by atoms with E-state index >= 15 is 0 Å². The predicted molar refractivity (Wildman–Crippen MR) is 81.0 cm³/mol. The SMILES string of the molecule is CN1CCCCC1CCOC(=O)c1ccc(N)cc1Cl. The molecule has 1 aliphatic rings. The Morgan fingerprint density at radius 1 is 1.50 bits per heavy atom. The van der Waals surface area contributed by atoms with Crippen LogP contribution in [-0.4, -0.2) is 37.1 Å². The first-order chi connectivity index (χ1) is 9.58. The number of hydrogen-bond acceptors (Lipinski definition) is 4. The van der Waals surface area contributed by atoms with E-state index in [4.69, 9.17) is 22.1 Å². The van der Waals surface area contributed by atoms with Crippen molar-refractivity contribution in [3.63, 3.8) is 0 Å². The van der Waals surface area contributed by atoms with Crippen molar-refractivity contribution in [1.82, 2.24) is 4.90 Å². The minimum Gasteiger partial charge on any atom is -0.462 e. The van der Waals surface area contributed by atoms with E-state index in [9.17, 15) is 4.79 Å². The van der Waals surface area contributed by atoms with Crippen molar-refractivity contribution in [3.8, 4) is 0 Å². The summed E-state index contributed by atoms with van der Waals surface area (Å²) < 4.78 is 5.31. The molecule has 1 atom stereocenters. The van der Waals surface area contributed by atoms with Crippen LogP contribution in [0.3, 0.4) is 0 Å². The summed E-state index contributed by atoms with van der Waals surface area (Å²) in [5.74, 6) is -0.381. The van der Waals surface area contributed by atoms with Crippen LogP contribution in [0.15, 0.2) is 18.2 Å². The molecule has 5 heteroatoms. The summed E-state index contributed by atoms with van der Waals surface area (Å²) >= 11 is 5.99. The van der Waals surface area contributed by atoms with Gasteiger partial charge in [-0.05, 0) is 51.1 Å². The van der Waals surface area contributed by atoms with E-state index in [1.807, 2.05) is 0 Å². The van der Waals surface area contributed by atoms with Gasteiger partial charge < -0.3 is 15.4 Å². The first-order valence-electron chi connectivity index (χ1n) is 7.00. The van der Waals surface area contributed by atoms with Crippen LogP contribution >= 0.6 is 11.6 Å². The van der Waals surface area contributed by atoms with Gasteiger partial charge in [-0.1, -0.05) is 18.0 Å². The second-order valence-corrected chi connectivity index (χ2v) is 5.70. The molecule has 1 heterocycles. The Morgan fingerprint density at radius 2 is 2.30 bits per heavy atom. The van der Waals surface area contributed by atoms with Crippen LogP contribution in [0.4, 0.5) is 5.69 Å². The quantitative estimate of drug-likeness (QED) is 0.685. The largest absolute Gasteiger partial charge is 0.462 e. The lowest BCUT2D eigenvalue weighted by Crippen LogP contribution is -2.37. The van der Waals surface area contributed by atoms with Crippen molar-refractivity contribution < 1.29 is 9.53 Å². The molecule has 1 aromatic carbocycles. The number of nitrogens with two attached hydrogens (primary N) is 1. The minimum absolute atomic E-state index is 0.338. The minimum atomic E-state index is -0.381. The fourth-order valence-electron chi connectivity index (χ4n) is 2.57. The fourth-order valence-corrected chi connectivity index (χ4v) is 2.84. The lowest BCUT2D eigenvalue weighted by atomic mass is 10.0. The highest BCUT2D eigenvalue weighted by Gasteiger charge is 2.19. The van der Waals surface area contributed by atoms with Crippen LogP contribution < -0.4 is 5.73 Å². The number of anilines is 1. The average molecular weight is 297 g/mol. The molecular weight excluding hydrogens is 276 g/mol. The van der Waals surface area contributed by atoms with Crippen molar-refractivity contribution in [2.75, 3.05) is 25.9 Å². The Labute approximate surface area is 124 Å². The molecule has 0 bridgehead atoms. The van der Waals surface area contributed by atoms with Crippen molar-refractivity contribution in [1.29, 1.82) is 0 Å². The highest BCUT2D eigenvalue weighted by atomic mass is 35.5. The third-order valence-corrected chi connectivity index (χ3v) is 4.13. The summed E-state index contributed by atoms with van der Waals surface area (Å²) in [5.41, 5.74) is 6.51. The number of esters is 1. The average Bonchev–Trinajstić information content (AvgIpc) is 2.40. The molecular formula is C15H21ClN2O2. The molecule has 0 aliphatic carbocycles. The van der Waals surface area contributed by atoms with E-state index in [1.165, 1.54) is 19.3 Å². The van der Waals surface area contributed by atoms with E-state index < -0.39 is 0 Å². The number of hydrogen-bond donors (Lipinski definition) is 1. The van der Waals surface area contributed by atoms with Gasteiger partial charge >= 0.3 is 5.97 Å². The normalized spacial score (nSPS) is 19.8. The molecule has 0 saturated carbocycles. The van der Waals surface area contributed by atoms with Crippen molar-refractivity contribution in [3.05, 3.63) is 28.8 Å². The number of nitrogen functional groups attached to an aromatic ring is 1. The second-order valence-electron chi connectivity index (χ2n) is 5.29. The fraction of sp³-hybridized carbons (Fsp3) is 0.533. The standard InChI is InChI=1S/C15H21ClN2O2/c1-18-8-3-2-4-12(18)7-9-20-15(19)13-6-5-11(17)10-14(13)16/h5-6,10,12H,2-4,7-9,17H2,1H3. The smallest absolute Gasteiger partial charge is 0.339 e. The van der Waals surface area contributed by atoms with Crippen LogP contribution in [0.5, 0.6) is 0 Å². The molecule has 110 valence electrons. The number of piperidine rings is 1. The summed E-state index contributed by atoms with van der Waals surface area (Å²) in [4.78, 5) is 14.3. The Kier molecular flexibility index (Phi) is 5.26. The summed E-state index contributed by atoms with van der Waals surface area (Å²) in [6.07, 6.45) is 4.56. The molecule has 2 N–H and O–H groups in total. The number of halogens is 1. The van der Waals surface area contributed by atoms with E-state index in [-0.39, 0.29) is 5.97 Å². The molecule has 1 fully saturated rings. The molecule has 4 nitrogen and oxygen atoms in total. The number of nitrogens with zero attached hydrogens (tertiary/aromatic N) is 1. The Morgan fingerprint density at radius 3 is 3.00 bits per heavy atom. The summed E-state index contributed by atoms with van der Waals surface area (Å²) in [6, 6.07) is 5.33. The van der Waals surface area contributed by atoms with Crippen molar-refractivity contribution >= 4 is 23.3 Å².